The molecule has 23 heavy (non-hydrogen) atoms. The van der Waals surface area contributed by atoms with E-state index >= 15 is 0 Å². The molecule has 2 aromatic rings. The van der Waals surface area contributed by atoms with E-state index in [1.807, 2.05) is 0 Å². The third-order valence-corrected chi connectivity index (χ3v) is 4.78. The fourth-order valence-corrected chi connectivity index (χ4v) is 3.47. The van der Waals surface area contributed by atoms with Crippen LogP contribution in [0.4, 0.5) is 8.78 Å². The van der Waals surface area contributed by atoms with Gasteiger partial charge in [0, 0.05) is 29.5 Å². The van der Waals surface area contributed by atoms with Crippen molar-refractivity contribution in [1.29, 1.82) is 0 Å². The number of halogens is 2. The summed E-state index contributed by atoms with van der Waals surface area (Å²) in [5.41, 5.74) is 6.34. The van der Waals surface area contributed by atoms with E-state index in [2.05, 4.69) is 5.32 Å². The number of amides is 1. The van der Waals surface area contributed by atoms with Crippen LogP contribution in [0, 0.1) is 11.6 Å². The number of ether oxygens (including phenoxy) is 1. The summed E-state index contributed by atoms with van der Waals surface area (Å²) in [4.78, 5) is 12.1. The number of carbonyl (C=O) groups excluding carboxylic acids is 1. The largest absolute Gasteiger partial charge is 0.372 e. The molecule has 3 N–H and O–H groups in total. The van der Waals surface area contributed by atoms with Crippen molar-refractivity contribution in [3.05, 3.63) is 57.3 Å². The molecule has 0 unspecified atom stereocenters. The van der Waals surface area contributed by atoms with Crippen LogP contribution in [0.15, 0.2) is 29.6 Å². The van der Waals surface area contributed by atoms with Crippen LogP contribution in [0.5, 0.6) is 0 Å². The lowest BCUT2D eigenvalue weighted by atomic mass is 10.0. The maximum Gasteiger partial charge on any atom is 0.249 e. The van der Waals surface area contributed by atoms with E-state index in [4.69, 9.17) is 10.5 Å². The van der Waals surface area contributed by atoms with E-state index < -0.39 is 17.5 Å². The predicted molar refractivity (Wildman–Crippen MR) is 83.1 cm³/mol. The minimum absolute atomic E-state index is 0.000936. The van der Waals surface area contributed by atoms with E-state index in [1.165, 1.54) is 17.4 Å². The van der Waals surface area contributed by atoms with Crippen molar-refractivity contribution in [1.82, 2.24) is 5.32 Å². The number of primary amides is 1. The lowest BCUT2D eigenvalue weighted by Crippen LogP contribution is -2.31. The highest BCUT2D eigenvalue weighted by atomic mass is 32.1. The molecular formula is C16H16F2N2O2S. The number of nitrogens with one attached hydrogen (secondary N) is 1. The van der Waals surface area contributed by atoms with Gasteiger partial charge >= 0.3 is 0 Å². The molecule has 2 atom stereocenters. The first-order valence-corrected chi connectivity index (χ1v) is 8.09. The van der Waals surface area contributed by atoms with Crippen molar-refractivity contribution in [2.45, 2.75) is 25.1 Å². The summed E-state index contributed by atoms with van der Waals surface area (Å²) < 4.78 is 32.1. The zero-order valence-corrected chi connectivity index (χ0v) is 13.0. The van der Waals surface area contributed by atoms with Gasteiger partial charge < -0.3 is 15.8 Å². The van der Waals surface area contributed by atoms with Crippen LogP contribution < -0.4 is 11.1 Å². The summed E-state index contributed by atoms with van der Waals surface area (Å²) in [6.45, 7) is 1.12. The normalized spacial score (nSPS) is 20.8. The standard InChI is InChI=1S/C16H16F2N2O2S/c17-12-2-1-9(6-13(12)18)15-14(3-4-22-15)20-7-11-5-10(8-23-11)16(19)21/h1-2,5-6,8,14-15,20H,3-4,7H2,(H2,19,21)/t14-,15-/m0/s1. The Morgan fingerprint density at radius 1 is 1.35 bits per heavy atom. The van der Waals surface area contributed by atoms with Crippen molar-refractivity contribution in [2.24, 2.45) is 5.73 Å². The molecule has 1 fully saturated rings. The van der Waals surface area contributed by atoms with Crippen LogP contribution in [0.3, 0.4) is 0 Å². The molecule has 0 radical (unpaired) electrons. The molecule has 0 spiro atoms. The number of thiophene rings is 1. The Bertz CT molecular complexity index is 720. The Kier molecular flexibility index (Phi) is 4.70. The average molecular weight is 338 g/mol. The fraction of sp³-hybridized carbons (Fsp3) is 0.312. The molecular weight excluding hydrogens is 322 g/mol. The minimum atomic E-state index is -0.874. The molecule has 0 saturated carbocycles. The smallest absolute Gasteiger partial charge is 0.249 e. The molecule has 0 bridgehead atoms. The highest BCUT2D eigenvalue weighted by Crippen LogP contribution is 2.30. The quantitative estimate of drug-likeness (QED) is 0.881. The summed E-state index contributed by atoms with van der Waals surface area (Å²) in [7, 11) is 0. The topological polar surface area (TPSA) is 64.4 Å². The van der Waals surface area contributed by atoms with Gasteiger partial charge in [0.1, 0.15) is 0 Å². The molecule has 1 aliphatic heterocycles. The van der Waals surface area contributed by atoms with Crippen molar-refractivity contribution in [3.63, 3.8) is 0 Å². The zero-order valence-electron chi connectivity index (χ0n) is 12.2. The molecule has 0 aliphatic carbocycles. The zero-order chi connectivity index (χ0) is 16.4. The van der Waals surface area contributed by atoms with E-state index in [-0.39, 0.29) is 12.1 Å². The van der Waals surface area contributed by atoms with Gasteiger partial charge in [-0.3, -0.25) is 4.79 Å². The lowest BCUT2D eigenvalue weighted by molar-refractivity contribution is 0.0981. The number of nitrogens with two attached hydrogens (primary N) is 1. The highest BCUT2D eigenvalue weighted by molar-refractivity contribution is 7.10. The maximum atomic E-state index is 13.4. The summed E-state index contributed by atoms with van der Waals surface area (Å²) in [6.07, 6.45) is 0.457. The molecule has 122 valence electrons. The van der Waals surface area contributed by atoms with E-state index in [9.17, 15) is 13.6 Å². The molecule has 1 amide bonds. The van der Waals surface area contributed by atoms with E-state index in [0.717, 1.165) is 17.4 Å². The Morgan fingerprint density at radius 3 is 2.87 bits per heavy atom. The molecule has 1 saturated heterocycles. The first kappa shape index (κ1) is 16.0. The van der Waals surface area contributed by atoms with Gasteiger partial charge in [0.2, 0.25) is 5.91 Å². The Balaban J connectivity index is 1.66. The number of carbonyl (C=O) groups is 1. The van der Waals surface area contributed by atoms with Gasteiger partial charge in [-0.1, -0.05) is 6.07 Å². The number of benzene rings is 1. The minimum Gasteiger partial charge on any atom is -0.372 e. The Hall–Kier alpha value is -1.83. The third kappa shape index (κ3) is 3.57. The van der Waals surface area contributed by atoms with Gasteiger partial charge in [-0.15, -0.1) is 11.3 Å². The van der Waals surface area contributed by atoms with Crippen LogP contribution >= 0.6 is 11.3 Å². The molecule has 7 heteroatoms. The summed E-state index contributed by atoms with van der Waals surface area (Å²) >= 11 is 1.45. The molecule has 1 aromatic heterocycles. The van der Waals surface area contributed by atoms with Crippen LogP contribution in [-0.2, 0) is 11.3 Å². The highest BCUT2D eigenvalue weighted by Gasteiger charge is 2.30. The predicted octanol–water partition coefficient (Wildman–Crippen LogP) is 2.75. The summed E-state index contributed by atoms with van der Waals surface area (Å²) in [6, 6.07) is 5.58. The van der Waals surface area contributed by atoms with Crippen LogP contribution in [0.1, 0.15) is 33.3 Å². The van der Waals surface area contributed by atoms with Gasteiger partial charge in [0.25, 0.3) is 0 Å². The van der Waals surface area contributed by atoms with Crippen LogP contribution in [0.25, 0.3) is 0 Å². The average Bonchev–Trinajstić information content (AvgIpc) is 3.16. The fourth-order valence-electron chi connectivity index (χ4n) is 2.65. The molecule has 1 aromatic carbocycles. The Labute approximate surface area is 136 Å². The van der Waals surface area contributed by atoms with Gasteiger partial charge in [0.15, 0.2) is 11.6 Å². The van der Waals surface area contributed by atoms with Gasteiger partial charge in [0.05, 0.1) is 11.7 Å². The van der Waals surface area contributed by atoms with Crippen molar-refractivity contribution in [3.8, 4) is 0 Å². The molecule has 2 heterocycles. The molecule has 3 rings (SSSR count). The molecule has 4 nitrogen and oxygen atoms in total. The van der Waals surface area contributed by atoms with E-state index in [1.54, 1.807) is 17.5 Å². The first-order chi connectivity index (χ1) is 11.0. The van der Waals surface area contributed by atoms with Gasteiger partial charge in [-0.25, -0.2) is 8.78 Å². The number of rotatable bonds is 5. The number of hydrogen-bond acceptors (Lipinski definition) is 4. The third-order valence-electron chi connectivity index (χ3n) is 3.84. The SMILES string of the molecule is NC(=O)c1csc(CN[C@H]2CCO[C@H]2c2ccc(F)c(F)c2)c1. The van der Waals surface area contributed by atoms with Gasteiger partial charge in [-0.2, -0.15) is 0 Å². The second-order valence-electron chi connectivity index (χ2n) is 5.41. The van der Waals surface area contributed by atoms with Gasteiger partial charge in [-0.05, 0) is 30.2 Å². The second-order valence-corrected chi connectivity index (χ2v) is 6.40. The van der Waals surface area contributed by atoms with Crippen molar-refractivity contribution < 1.29 is 18.3 Å². The summed E-state index contributed by atoms with van der Waals surface area (Å²) in [5.74, 6) is -2.19. The lowest BCUT2D eigenvalue weighted by Gasteiger charge is -2.20. The monoisotopic (exact) mass is 338 g/mol. The maximum absolute atomic E-state index is 13.4. The van der Waals surface area contributed by atoms with Crippen LogP contribution in [-0.4, -0.2) is 18.6 Å². The molecule has 1 aliphatic rings. The van der Waals surface area contributed by atoms with Crippen molar-refractivity contribution >= 4 is 17.2 Å². The first-order valence-electron chi connectivity index (χ1n) is 7.22. The number of hydrogen-bond donors (Lipinski definition) is 2. The van der Waals surface area contributed by atoms with E-state index in [0.29, 0.717) is 24.3 Å². The van der Waals surface area contributed by atoms with Crippen molar-refractivity contribution in [2.75, 3.05) is 6.61 Å². The second kappa shape index (κ2) is 6.74. The Morgan fingerprint density at radius 2 is 2.17 bits per heavy atom. The summed E-state index contributed by atoms with van der Waals surface area (Å²) in [5, 5.41) is 5.07. The van der Waals surface area contributed by atoms with Crippen LogP contribution in [0.2, 0.25) is 0 Å².